The first-order valence-electron chi connectivity index (χ1n) is 7.43. The van der Waals surface area contributed by atoms with Crippen LogP contribution in [0.5, 0.6) is 0 Å². The standard InChI is InChI=1S/C17H15N5O/c1-11-15-14(22-17(20-11)18-10-19-22)8-9-21(16(15)23)12(2)13-6-4-3-5-7-13/h3-10,12H,1-2H3. The second-order valence-corrected chi connectivity index (χ2v) is 5.54. The van der Waals surface area contributed by atoms with Crippen molar-refractivity contribution in [1.82, 2.24) is 24.1 Å². The lowest BCUT2D eigenvalue weighted by Crippen LogP contribution is -2.25. The quantitative estimate of drug-likeness (QED) is 0.570. The molecule has 0 bridgehead atoms. The number of hydrogen-bond acceptors (Lipinski definition) is 4. The molecule has 23 heavy (non-hydrogen) atoms. The van der Waals surface area contributed by atoms with Crippen molar-refractivity contribution in [2.75, 3.05) is 0 Å². The molecule has 0 saturated heterocycles. The van der Waals surface area contributed by atoms with Crippen LogP contribution in [0.15, 0.2) is 53.7 Å². The van der Waals surface area contributed by atoms with E-state index in [2.05, 4.69) is 15.1 Å². The summed E-state index contributed by atoms with van der Waals surface area (Å²) in [7, 11) is 0. The van der Waals surface area contributed by atoms with E-state index in [0.717, 1.165) is 11.1 Å². The highest BCUT2D eigenvalue weighted by molar-refractivity contribution is 5.81. The van der Waals surface area contributed by atoms with Gasteiger partial charge in [0.1, 0.15) is 6.33 Å². The average Bonchev–Trinajstić information content (AvgIpc) is 3.03. The molecule has 3 aromatic heterocycles. The summed E-state index contributed by atoms with van der Waals surface area (Å²) >= 11 is 0. The van der Waals surface area contributed by atoms with Gasteiger partial charge in [-0.15, -0.1) is 0 Å². The molecule has 6 nitrogen and oxygen atoms in total. The van der Waals surface area contributed by atoms with Gasteiger partial charge in [-0.25, -0.2) is 4.98 Å². The van der Waals surface area contributed by atoms with E-state index in [-0.39, 0.29) is 11.6 Å². The van der Waals surface area contributed by atoms with E-state index in [1.807, 2.05) is 56.4 Å². The fraction of sp³-hybridized carbons (Fsp3) is 0.176. The van der Waals surface area contributed by atoms with Crippen molar-refractivity contribution >= 4 is 16.7 Å². The SMILES string of the molecule is Cc1nc2ncnn2c2ccn(C(C)c3ccccc3)c(=O)c12. The predicted molar refractivity (Wildman–Crippen MR) is 87.5 cm³/mol. The van der Waals surface area contributed by atoms with Crippen molar-refractivity contribution < 1.29 is 0 Å². The second-order valence-electron chi connectivity index (χ2n) is 5.54. The normalized spacial score (nSPS) is 12.8. The molecular weight excluding hydrogens is 290 g/mol. The van der Waals surface area contributed by atoms with Crippen molar-refractivity contribution in [3.63, 3.8) is 0 Å². The Bertz CT molecular complexity index is 1060. The third-order valence-electron chi connectivity index (χ3n) is 4.18. The average molecular weight is 305 g/mol. The number of nitrogens with zero attached hydrogens (tertiary/aromatic N) is 5. The summed E-state index contributed by atoms with van der Waals surface area (Å²) in [5.41, 5.74) is 2.41. The lowest BCUT2D eigenvalue weighted by atomic mass is 10.1. The van der Waals surface area contributed by atoms with Crippen LogP contribution in [0.25, 0.3) is 16.7 Å². The van der Waals surface area contributed by atoms with Crippen LogP contribution in [0.1, 0.15) is 24.2 Å². The van der Waals surface area contributed by atoms with Gasteiger partial charge in [0.25, 0.3) is 11.3 Å². The molecular formula is C17H15N5O. The summed E-state index contributed by atoms with van der Waals surface area (Å²) < 4.78 is 3.33. The highest BCUT2D eigenvalue weighted by Gasteiger charge is 2.15. The summed E-state index contributed by atoms with van der Waals surface area (Å²) in [6, 6.07) is 11.8. The van der Waals surface area contributed by atoms with Gasteiger partial charge < -0.3 is 4.57 Å². The molecule has 1 atom stereocenters. The molecule has 0 N–H and O–H groups in total. The molecule has 0 aliphatic heterocycles. The Labute approximate surface area is 132 Å². The smallest absolute Gasteiger partial charge is 0.262 e. The third-order valence-corrected chi connectivity index (χ3v) is 4.18. The van der Waals surface area contributed by atoms with Gasteiger partial charge in [0, 0.05) is 6.20 Å². The van der Waals surface area contributed by atoms with Crippen molar-refractivity contribution in [2.45, 2.75) is 19.9 Å². The van der Waals surface area contributed by atoms with Gasteiger partial charge in [0.05, 0.1) is 22.6 Å². The first-order chi connectivity index (χ1) is 11.2. The summed E-state index contributed by atoms with van der Waals surface area (Å²) in [6.07, 6.45) is 3.25. The Morgan fingerprint density at radius 1 is 1.13 bits per heavy atom. The Morgan fingerprint density at radius 2 is 1.91 bits per heavy atom. The van der Waals surface area contributed by atoms with E-state index >= 15 is 0 Å². The zero-order valence-electron chi connectivity index (χ0n) is 12.8. The van der Waals surface area contributed by atoms with Crippen LogP contribution in [0.4, 0.5) is 0 Å². The molecule has 0 spiro atoms. The van der Waals surface area contributed by atoms with Gasteiger partial charge in [-0.2, -0.15) is 14.6 Å². The minimum absolute atomic E-state index is 0.0565. The van der Waals surface area contributed by atoms with Crippen LogP contribution < -0.4 is 5.56 Å². The Hall–Kier alpha value is -3.02. The Balaban J connectivity index is 2.00. The molecule has 6 heteroatoms. The number of aromatic nitrogens is 5. The second kappa shape index (κ2) is 5.01. The largest absolute Gasteiger partial charge is 0.308 e. The van der Waals surface area contributed by atoms with E-state index in [9.17, 15) is 4.79 Å². The van der Waals surface area contributed by atoms with Crippen LogP contribution in [0.3, 0.4) is 0 Å². The van der Waals surface area contributed by atoms with E-state index in [0.29, 0.717) is 16.9 Å². The maximum atomic E-state index is 13.0. The number of benzene rings is 1. The third kappa shape index (κ3) is 2.03. The maximum Gasteiger partial charge on any atom is 0.262 e. The summed E-state index contributed by atoms with van der Waals surface area (Å²) in [5.74, 6) is 0.503. The first-order valence-corrected chi connectivity index (χ1v) is 7.43. The molecule has 0 saturated carbocycles. The van der Waals surface area contributed by atoms with E-state index in [1.54, 1.807) is 9.08 Å². The van der Waals surface area contributed by atoms with Crippen LogP contribution in [0.2, 0.25) is 0 Å². The number of hydrogen-bond donors (Lipinski definition) is 0. The van der Waals surface area contributed by atoms with Gasteiger partial charge in [-0.1, -0.05) is 30.3 Å². The molecule has 0 aliphatic rings. The monoisotopic (exact) mass is 305 g/mol. The molecule has 0 fully saturated rings. The summed E-state index contributed by atoms with van der Waals surface area (Å²) in [4.78, 5) is 21.5. The molecule has 4 rings (SSSR count). The lowest BCUT2D eigenvalue weighted by molar-refractivity contribution is 0.618. The summed E-state index contributed by atoms with van der Waals surface area (Å²) in [5, 5.41) is 4.73. The zero-order chi connectivity index (χ0) is 16.0. The van der Waals surface area contributed by atoms with Crippen molar-refractivity contribution in [3.8, 4) is 0 Å². The van der Waals surface area contributed by atoms with Crippen molar-refractivity contribution in [3.05, 3.63) is 70.5 Å². The first kappa shape index (κ1) is 13.6. The molecule has 1 aromatic carbocycles. The van der Waals surface area contributed by atoms with E-state index in [1.165, 1.54) is 6.33 Å². The molecule has 4 aromatic rings. The van der Waals surface area contributed by atoms with Gasteiger partial charge in [0.2, 0.25) is 0 Å². The maximum absolute atomic E-state index is 13.0. The predicted octanol–water partition coefficient (Wildman–Crippen LogP) is 2.36. The Kier molecular flexibility index (Phi) is 2.97. The topological polar surface area (TPSA) is 65.1 Å². The number of rotatable bonds is 2. The highest BCUT2D eigenvalue weighted by Crippen LogP contribution is 2.19. The van der Waals surface area contributed by atoms with Gasteiger partial charge >= 0.3 is 0 Å². The number of pyridine rings is 1. The zero-order valence-corrected chi connectivity index (χ0v) is 12.8. The van der Waals surface area contributed by atoms with Crippen molar-refractivity contribution in [2.24, 2.45) is 0 Å². The fourth-order valence-electron chi connectivity index (χ4n) is 2.94. The molecule has 3 heterocycles. The number of fused-ring (bicyclic) bond motifs is 3. The number of aryl methyl sites for hydroxylation is 1. The summed E-state index contributed by atoms with van der Waals surface area (Å²) in [6.45, 7) is 3.84. The molecule has 0 radical (unpaired) electrons. The van der Waals surface area contributed by atoms with E-state index < -0.39 is 0 Å². The van der Waals surface area contributed by atoms with Gasteiger partial charge in [-0.3, -0.25) is 4.79 Å². The van der Waals surface area contributed by atoms with Crippen LogP contribution >= 0.6 is 0 Å². The van der Waals surface area contributed by atoms with E-state index in [4.69, 9.17) is 0 Å². The lowest BCUT2D eigenvalue weighted by Gasteiger charge is -2.16. The van der Waals surface area contributed by atoms with Gasteiger partial charge in [-0.05, 0) is 25.5 Å². The van der Waals surface area contributed by atoms with Crippen molar-refractivity contribution in [1.29, 1.82) is 0 Å². The van der Waals surface area contributed by atoms with Crippen LogP contribution in [0, 0.1) is 6.92 Å². The Morgan fingerprint density at radius 3 is 2.70 bits per heavy atom. The van der Waals surface area contributed by atoms with Crippen LogP contribution in [-0.4, -0.2) is 24.1 Å². The molecule has 0 amide bonds. The molecule has 114 valence electrons. The fourth-order valence-corrected chi connectivity index (χ4v) is 2.94. The minimum Gasteiger partial charge on any atom is -0.308 e. The molecule has 0 aliphatic carbocycles. The minimum atomic E-state index is -0.0683. The van der Waals surface area contributed by atoms with Crippen LogP contribution in [-0.2, 0) is 0 Å². The highest BCUT2D eigenvalue weighted by atomic mass is 16.1. The molecule has 1 unspecified atom stereocenters. The van der Waals surface area contributed by atoms with Gasteiger partial charge in [0.15, 0.2) is 0 Å².